The topological polar surface area (TPSA) is 62.2 Å². The maximum Gasteiger partial charge on any atom is 0.321 e. The highest BCUT2D eigenvalue weighted by atomic mass is 35.5. The average Bonchev–Trinajstić information content (AvgIpc) is 2.15. The van der Waals surface area contributed by atoms with Gasteiger partial charge in [-0.3, -0.25) is 9.78 Å². The lowest BCUT2D eigenvalue weighted by molar-refractivity contribution is -0.139. The molecule has 2 N–H and O–H groups in total. The summed E-state index contributed by atoms with van der Waals surface area (Å²) in [6.07, 6.45) is 3.79. The Bertz CT molecular complexity index is 283. The second kappa shape index (κ2) is 8.47. The summed E-state index contributed by atoms with van der Waals surface area (Å²) >= 11 is 0. The number of likely N-dealkylation sites (N-methyl/N-ethyl adjacent to an activating group) is 1. The van der Waals surface area contributed by atoms with E-state index in [4.69, 9.17) is 5.11 Å². The van der Waals surface area contributed by atoms with Crippen molar-refractivity contribution in [3.63, 3.8) is 0 Å². The van der Waals surface area contributed by atoms with E-state index >= 15 is 0 Å². The zero-order chi connectivity index (χ0) is 9.68. The highest BCUT2D eigenvalue weighted by Gasteiger charge is 2.14. The number of carbonyl (C=O) groups is 1. The van der Waals surface area contributed by atoms with Crippen molar-refractivity contribution in [2.24, 2.45) is 0 Å². The first-order valence-corrected chi connectivity index (χ1v) is 4.03. The zero-order valence-corrected chi connectivity index (χ0v) is 9.85. The third-order valence-corrected chi connectivity index (χ3v) is 1.84. The van der Waals surface area contributed by atoms with Gasteiger partial charge in [-0.2, -0.15) is 0 Å². The Balaban J connectivity index is 0. The smallest absolute Gasteiger partial charge is 0.321 e. The maximum absolute atomic E-state index is 10.7. The van der Waals surface area contributed by atoms with Crippen LogP contribution in [0.4, 0.5) is 0 Å². The monoisotopic (exact) mass is 252 g/mol. The van der Waals surface area contributed by atoms with E-state index in [1.807, 2.05) is 12.1 Å². The van der Waals surface area contributed by atoms with Crippen LogP contribution in [0.25, 0.3) is 0 Å². The molecule has 0 bridgehead atoms. The van der Waals surface area contributed by atoms with Gasteiger partial charge < -0.3 is 10.4 Å². The van der Waals surface area contributed by atoms with Gasteiger partial charge in [0.05, 0.1) is 0 Å². The van der Waals surface area contributed by atoms with Crippen LogP contribution in [0.15, 0.2) is 24.5 Å². The minimum atomic E-state index is -0.834. The number of nitrogens with one attached hydrogen (secondary N) is 1. The summed E-state index contributed by atoms with van der Waals surface area (Å²) in [6, 6.07) is 3.10. The van der Waals surface area contributed by atoms with Crippen LogP contribution in [0.5, 0.6) is 0 Å². The maximum atomic E-state index is 10.7. The lowest BCUT2D eigenvalue weighted by atomic mass is 10.1. The summed E-state index contributed by atoms with van der Waals surface area (Å²) in [6.45, 7) is 0. The van der Waals surface area contributed by atoms with E-state index in [1.165, 1.54) is 0 Å². The van der Waals surface area contributed by atoms with Gasteiger partial charge >= 0.3 is 5.97 Å². The molecule has 0 aliphatic heterocycles. The lowest BCUT2D eigenvalue weighted by Crippen LogP contribution is -2.35. The van der Waals surface area contributed by atoms with Crippen molar-refractivity contribution in [1.82, 2.24) is 10.3 Å². The van der Waals surface area contributed by atoms with E-state index in [-0.39, 0.29) is 24.8 Å². The van der Waals surface area contributed by atoms with Crippen molar-refractivity contribution in [3.05, 3.63) is 30.1 Å². The van der Waals surface area contributed by atoms with Crippen molar-refractivity contribution >= 4 is 30.8 Å². The second-order valence-corrected chi connectivity index (χ2v) is 2.74. The van der Waals surface area contributed by atoms with Gasteiger partial charge in [0.25, 0.3) is 0 Å². The summed E-state index contributed by atoms with van der Waals surface area (Å²) in [7, 11) is 1.64. The number of pyridine rings is 1. The fourth-order valence-corrected chi connectivity index (χ4v) is 1.07. The number of rotatable bonds is 4. The molecule has 0 spiro atoms. The van der Waals surface area contributed by atoms with E-state index in [0.29, 0.717) is 6.42 Å². The van der Waals surface area contributed by atoms with E-state index in [2.05, 4.69) is 10.3 Å². The largest absolute Gasteiger partial charge is 0.480 e. The molecule has 0 unspecified atom stereocenters. The van der Waals surface area contributed by atoms with Crippen molar-refractivity contribution in [1.29, 1.82) is 0 Å². The Hall–Kier alpha value is -0.840. The third-order valence-electron chi connectivity index (χ3n) is 1.84. The number of aliphatic carboxylic acids is 1. The summed E-state index contributed by atoms with van der Waals surface area (Å²) in [4.78, 5) is 14.5. The summed E-state index contributed by atoms with van der Waals surface area (Å²) in [5.74, 6) is -0.834. The summed E-state index contributed by atoms with van der Waals surface area (Å²) in [5, 5.41) is 11.5. The molecule has 0 amide bonds. The number of aromatic nitrogens is 1. The van der Waals surface area contributed by atoms with Crippen molar-refractivity contribution in [3.8, 4) is 0 Å². The van der Waals surface area contributed by atoms with Crippen LogP contribution >= 0.6 is 24.8 Å². The van der Waals surface area contributed by atoms with Crippen LogP contribution in [0.3, 0.4) is 0 Å². The van der Waals surface area contributed by atoms with Crippen molar-refractivity contribution in [2.75, 3.05) is 7.05 Å². The number of hydrogen-bond donors (Lipinski definition) is 2. The minimum Gasteiger partial charge on any atom is -0.480 e. The van der Waals surface area contributed by atoms with Gasteiger partial charge in [0.2, 0.25) is 0 Å². The summed E-state index contributed by atoms with van der Waals surface area (Å²) < 4.78 is 0. The number of hydrogen-bond acceptors (Lipinski definition) is 3. The molecule has 15 heavy (non-hydrogen) atoms. The molecule has 4 nitrogen and oxygen atoms in total. The SMILES string of the molecule is CN[C@@H](Cc1ccncc1)C(=O)O.Cl.Cl. The number of carboxylic acids is 1. The minimum absolute atomic E-state index is 0. The molecule has 0 saturated heterocycles. The first-order chi connectivity index (χ1) is 6.24. The first-order valence-electron chi connectivity index (χ1n) is 4.03. The molecule has 0 aliphatic rings. The molecular formula is C9H14Cl2N2O2. The predicted octanol–water partition coefficient (Wildman–Crippen LogP) is 1.14. The Morgan fingerprint density at radius 2 is 2.00 bits per heavy atom. The molecule has 1 rings (SSSR count). The molecule has 1 atom stereocenters. The Labute approximate surface area is 101 Å². The Kier molecular flexibility index (Phi) is 9.36. The van der Waals surface area contributed by atoms with Crippen LogP contribution in [0, 0.1) is 0 Å². The molecular weight excluding hydrogens is 239 g/mol. The lowest BCUT2D eigenvalue weighted by Gasteiger charge is -2.10. The molecule has 0 saturated carbocycles. The van der Waals surface area contributed by atoms with Gasteiger partial charge in [0, 0.05) is 12.4 Å². The molecule has 0 aliphatic carbocycles. The molecule has 86 valence electrons. The number of halogens is 2. The third kappa shape index (κ3) is 5.57. The van der Waals surface area contributed by atoms with Gasteiger partial charge in [0.15, 0.2) is 0 Å². The van der Waals surface area contributed by atoms with Gasteiger partial charge in [-0.1, -0.05) is 0 Å². The van der Waals surface area contributed by atoms with E-state index in [9.17, 15) is 4.79 Å². The van der Waals surface area contributed by atoms with Gasteiger partial charge in [-0.15, -0.1) is 24.8 Å². The molecule has 1 aromatic heterocycles. The van der Waals surface area contributed by atoms with Gasteiger partial charge in [0.1, 0.15) is 6.04 Å². The van der Waals surface area contributed by atoms with E-state index < -0.39 is 12.0 Å². The fourth-order valence-electron chi connectivity index (χ4n) is 1.07. The summed E-state index contributed by atoms with van der Waals surface area (Å²) in [5.41, 5.74) is 0.969. The normalized spacial score (nSPS) is 10.7. The molecule has 0 radical (unpaired) electrons. The van der Waals surface area contributed by atoms with Crippen LogP contribution in [-0.4, -0.2) is 29.1 Å². The fraction of sp³-hybridized carbons (Fsp3) is 0.333. The van der Waals surface area contributed by atoms with Crippen LogP contribution in [0.1, 0.15) is 5.56 Å². The average molecular weight is 253 g/mol. The zero-order valence-electron chi connectivity index (χ0n) is 8.21. The molecule has 1 aromatic rings. The van der Waals surface area contributed by atoms with Crippen molar-refractivity contribution in [2.45, 2.75) is 12.5 Å². The first kappa shape index (κ1) is 16.6. The van der Waals surface area contributed by atoms with Gasteiger partial charge in [-0.25, -0.2) is 0 Å². The second-order valence-electron chi connectivity index (χ2n) is 2.74. The quantitative estimate of drug-likeness (QED) is 0.844. The van der Waals surface area contributed by atoms with Crippen LogP contribution in [-0.2, 0) is 11.2 Å². The number of carboxylic acid groups (broad SMARTS) is 1. The van der Waals surface area contributed by atoms with Gasteiger partial charge in [-0.05, 0) is 31.2 Å². The predicted molar refractivity (Wildman–Crippen MR) is 62.9 cm³/mol. The van der Waals surface area contributed by atoms with Crippen molar-refractivity contribution < 1.29 is 9.90 Å². The Morgan fingerprint density at radius 3 is 2.40 bits per heavy atom. The molecule has 6 heteroatoms. The highest BCUT2D eigenvalue weighted by Crippen LogP contribution is 2.01. The van der Waals surface area contributed by atoms with E-state index in [0.717, 1.165) is 5.56 Å². The van der Waals surface area contributed by atoms with Crippen LogP contribution in [0.2, 0.25) is 0 Å². The standard InChI is InChI=1S/C9H12N2O2.2ClH/c1-10-8(9(12)13)6-7-2-4-11-5-3-7;;/h2-5,8,10H,6H2,1H3,(H,12,13);2*1H/t8-;;/m0../s1. The van der Waals surface area contributed by atoms with Crippen LogP contribution < -0.4 is 5.32 Å². The molecule has 0 fully saturated rings. The number of nitrogens with zero attached hydrogens (tertiary/aromatic N) is 1. The molecule has 0 aromatic carbocycles. The molecule has 1 heterocycles. The van der Waals surface area contributed by atoms with E-state index in [1.54, 1.807) is 19.4 Å². The Morgan fingerprint density at radius 1 is 1.47 bits per heavy atom. The highest BCUT2D eigenvalue weighted by molar-refractivity contribution is 5.85.